The lowest BCUT2D eigenvalue weighted by Gasteiger charge is -2.21. The summed E-state index contributed by atoms with van der Waals surface area (Å²) < 4.78 is 6.73. The van der Waals surface area contributed by atoms with Crippen LogP contribution in [0.1, 0.15) is 26.6 Å². The molecule has 19 heavy (non-hydrogen) atoms. The number of aliphatic carboxylic acids is 1. The summed E-state index contributed by atoms with van der Waals surface area (Å²) in [6.45, 7) is 5.13. The van der Waals surface area contributed by atoms with Crippen molar-refractivity contribution < 1.29 is 19.4 Å². The van der Waals surface area contributed by atoms with Crippen molar-refractivity contribution in [1.29, 1.82) is 0 Å². The van der Waals surface area contributed by atoms with Crippen LogP contribution in [0.25, 0.3) is 0 Å². The Balaban J connectivity index is 2.67. The van der Waals surface area contributed by atoms with Crippen molar-refractivity contribution in [3.8, 4) is 0 Å². The second kappa shape index (κ2) is 5.73. The van der Waals surface area contributed by atoms with E-state index in [9.17, 15) is 9.59 Å². The van der Waals surface area contributed by atoms with Crippen molar-refractivity contribution in [2.75, 3.05) is 0 Å². The fourth-order valence-corrected chi connectivity index (χ4v) is 1.43. The second-order valence-corrected chi connectivity index (χ2v) is 5.20. The summed E-state index contributed by atoms with van der Waals surface area (Å²) in [7, 11) is 1.76. The van der Waals surface area contributed by atoms with E-state index in [1.807, 2.05) is 0 Å². The first-order chi connectivity index (χ1) is 8.69. The molecule has 0 saturated carbocycles. The Labute approximate surface area is 111 Å². The summed E-state index contributed by atoms with van der Waals surface area (Å²) in [6, 6.07) is -1.07. The number of aryl methyl sites for hydroxylation is 1. The minimum atomic E-state index is -1.13. The van der Waals surface area contributed by atoms with Gasteiger partial charge in [0.1, 0.15) is 17.5 Å². The monoisotopic (exact) mass is 269 g/mol. The average molecular weight is 269 g/mol. The van der Waals surface area contributed by atoms with Gasteiger partial charge in [-0.25, -0.2) is 14.6 Å². The van der Waals surface area contributed by atoms with Crippen LogP contribution in [-0.2, 0) is 23.0 Å². The molecular formula is C12H19N3O4. The van der Waals surface area contributed by atoms with Gasteiger partial charge in [0, 0.05) is 25.9 Å². The van der Waals surface area contributed by atoms with E-state index in [0.29, 0.717) is 5.82 Å². The first kappa shape index (κ1) is 15.0. The minimum absolute atomic E-state index is 0.0953. The van der Waals surface area contributed by atoms with Gasteiger partial charge < -0.3 is 19.7 Å². The van der Waals surface area contributed by atoms with E-state index in [0.717, 1.165) is 0 Å². The van der Waals surface area contributed by atoms with Crippen LogP contribution in [0.5, 0.6) is 0 Å². The van der Waals surface area contributed by atoms with Gasteiger partial charge in [-0.15, -0.1) is 0 Å². The third kappa shape index (κ3) is 4.99. The fraction of sp³-hybridized carbons (Fsp3) is 0.583. The largest absolute Gasteiger partial charge is 0.480 e. The Morgan fingerprint density at radius 3 is 2.58 bits per heavy atom. The predicted octanol–water partition coefficient (Wildman–Crippen LogP) is 0.940. The molecule has 0 radical (unpaired) electrons. The number of alkyl carbamates (subject to hydrolysis) is 1. The van der Waals surface area contributed by atoms with E-state index < -0.39 is 23.7 Å². The molecule has 1 heterocycles. The molecule has 1 aromatic rings. The number of hydrogen-bond donors (Lipinski definition) is 2. The number of nitrogens with one attached hydrogen (secondary N) is 1. The fourth-order valence-electron chi connectivity index (χ4n) is 1.43. The van der Waals surface area contributed by atoms with Crippen molar-refractivity contribution in [3.05, 3.63) is 18.2 Å². The second-order valence-electron chi connectivity index (χ2n) is 5.20. The molecular weight excluding hydrogens is 250 g/mol. The van der Waals surface area contributed by atoms with Crippen molar-refractivity contribution in [1.82, 2.24) is 14.9 Å². The molecule has 1 rings (SSSR count). The van der Waals surface area contributed by atoms with Gasteiger partial charge in [0.15, 0.2) is 0 Å². The number of carbonyl (C=O) groups is 2. The summed E-state index contributed by atoms with van der Waals surface area (Å²) in [5, 5.41) is 11.4. The van der Waals surface area contributed by atoms with E-state index in [-0.39, 0.29) is 6.42 Å². The molecule has 1 atom stereocenters. The van der Waals surface area contributed by atoms with Gasteiger partial charge in [-0.1, -0.05) is 0 Å². The number of amides is 1. The number of hydrogen-bond acceptors (Lipinski definition) is 4. The smallest absolute Gasteiger partial charge is 0.408 e. The molecule has 0 bridgehead atoms. The molecule has 0 saturated heterocycles. The SMILES string of the molecule is Cn1ccnc1CC(NC(=O)OC(C)(C)C)C(=O)O. The summed E-state index contributed by atoms with van der Waals surface area (Å²) in [5.74, 6) is -0.558. The minimum Gasteiger partial charge on any atom is -0.480 e. The van der Waals surface area contributed by atoms with Crippen molar-refractivity contribution in [2.24, 2.45) is 7.05 Å². The normalized spacial score (nSPS) is 12.8. The summed E-state index contributed by atoms with van der Waals surface area (Å²) in [6.07, 6.45) is 2.62. The Morgan fingerprint density at radius 2 is 2.16 bits per heavy atom. The summed E-state index contributed by atoms with van der Waals surface area (Å²) in [5.41, 5.74) is -0.670. The lowest BCUT2D eigenvalue weighted by atomic mass is 10.2. The van der Waals surface area contributed by atoms with Gasteiger partial charge in [0.2, 0.25) is 0 Å². The zero-order valence-electron chi connectivity index (χ0n) is 11.5. The number of ether oxygens (including phenoxy) is 1. The molecule has 1 unspecified atom stereocenters. The van der Waals surface area contributed by atoms with Crippen molar-refractivity contribution in [3.63, 3.8) is 0 Å². The molecule has 0 aromatic carbocycles. The van der Waals surface area contributed by atoms with Crippen LogP contribution in [0.15, 0.2) is 12.4 Å². The van der Waals surface area contributed by atoms with E-state index in [1.165, 1.54) is 0 Å². The van der Waals surface area contributed by atoms with Crippen LogP contribution in [0, 0.1) is 0 Å². The number of aromatic nitrogens is 2. The van der Waals surface area contributed by atoms with Crippen LogP contribution in [0.3, 0.4) is 0 Å². The average Bonchev–Trinajstić information content (AvgIpc) is 2.60. The molecule has 106 valence electrons. The van der Waals surface area contributed by atoms with Crippen LogP contribution in [0.4, 0.5) is 4.79 Å². The molecule has 1 aromatic heterocycles. The Bertz CT molecular complexity index is 462. The summed E-state index contributed by atoms with van der Waals surface area (Å²) in [4.78, 5) is 26.7. The van der Waals surface area contributed by atoms with Crippen LogP contribution in [-0.4, -0.2) is 38.4 Å². The van der Waals surface area contributed by atoms with Gasteiger partial charge in [-0.3, -0.25) is 0 Å². The molecule has 1 amide bonds. The zero-order valence-corrected chi connectivity index (χ0v) is 11.5. The topological polar surface area (TPSA) is 93.5 Å². The Hall–Kier alpha value is -2.05. The zero-order chi connectivity index (χ0) is 14.6. The van der Waals surface area contributed by atoms with Crippen LogP contribution < -0.4 is 5.32 Å². The van der Waals surface area contributed by atoms with Gasteiger partial charge in [0.05, 0.1) is 0 Å². The van der Waals surface area contributed by atoms with Gasteiger partial charge in [0.25, 0.3) is 0 Å². The first-order valence-corrected chi connectivity index (χ1v) is 5.87. The maximum absolute atomic E-state index is 11.6. The molecule has 0 fully saturated rings. The molecule has 0 spiro atoms. The highest BCUT2D eigenvalue weighted by Gasteiger charge is 2.25. The van der Waals surface area contributed by atoms with Crippen LogP contribution in [0.2, 0.25) is 0 Å². The first-order valence-electron chi connectivity index (χ1n) is 5.87. The number of nitrogens with zero attached hydrogens (tertiary/aromatic N) is 2. The highest BCUT2D eigenvalue weighted by atomic mass is 16.6. The lowest BCUT2D eigenvalue weighted by Crippen LogP contribution is -2.45. The van der Waals surface area contributed by atoms with E-state index >= 15 is 0 Å². The van der Waals surface area contributed by atoms with E-state index in [4.69, 9.17) is 9.84 Å². The van der Waals surface area contributed by atoms with Gasteiger partial charge in [-0.2, -0.15) is 0 Å². The summed E-state index contributed by atoms with van der Waals surface area (Å²) >= 11 is 0. The lowest BCUT2D eigenvalue weighted by molar-refractivity contribution is -0.139. The number of carboxylic acid groups (broad SMARTS) is 1. The highest BCUT2D eigenvalue weighted by molar-refractivity contribution is 5.80. The van der Waals surface area contributed by atoms with Crippen molar-refractivity contribution >= 4 is 12.1 Å². The van der Waals surface area contributed by atoms with E-state index in [2.05, 4.69) is 10.3 Å². The number of rotatable bonds is 4. The molecule has 2 N–H and O–H groups in total. The maximum Gasteiger partial charge on any atom is 0.408 e. The molecule has 0 aliphatic carbocycles. The van der Waals surface area contributed by atoms with Crippen molar-refractivity contribution in [2.45, 2.75) is 38.8 Å². The van der Waals surface area contributed by atoms with E-state index in [1.54, 1.807) is 44.8 Å². The Morgan fingerprint density at radius 1 is 1.53 bits per heavy atom. The number of carbonyl (C=O) groups excluding carboxylic acids is 1. The number of carboxylic acids is 1. The molecule has 0 aliphatic heterocycles. The third-order valence-corrected chi connectivity index (χ3v) is 2.30. The third-order valence-electron chi connectivity index (χ3n) is 2.30. The molecule has 0 aliphatic rings. The quantitative estimate of drug-likeness (QED) is 0.848. The van der Waals surface area contributed by atoms with Gasteiger partial charge in [-0.05, 0) is 20.8 Å². The number of imidazole rings is 1. The Kier molecular flexibility index (Phi) is 4.52. The molecule has 7 heteroatoms. The highest BCUT2D eigenvalue weighted by Crippen LogP contribution is 2.08. The molecule has 7 nitrogen and oxygen atoms in total. The standard InChI is InChI=1S/C12H19N3O4/c1-12(2,3)19-11(18)14-8(10(16)17)7-9-13-5-6-15(9)4/h5-6,8H,7H2,1-4H3,(H,14,18)(H,16,17). The van der Waals surface area contributed by atoms with Crippen LogP contribution >= 0.6 is 0 Å². The predicted molar refractivity (Wildman–Crippen MR) is 67.7 cm³/mol. The van der Waals surface area contributed by atoms with Gasteiger partial charge >= 0.3 is 12.1 Å². The maximum atomic E-state index is 11.6.